The van der Waals surface area contributed by atoms with Crippen LogP contribution in [-0.2, 0) is 9.47 Å². The summed E-state index contributed by atoms with van der Waals surface area (Å²) in [6.45, 7) is 6.67. The van der Waals surface area contributed by atoms with Crippen molar-refractivity contribution in [2.45, 2.75) is 76.2 Å². The summed E-state index contributed by atoms with van der Waals surface area (Å²) < 4.78 is 11.2. The van der Waals surface area contributed by atoms with Crippen molar-refractivity contribution >= 4 is 6.09 Å². The van der Waals surface area contributed by atoms with E-state index >= 15 is 0 Å². The molecule has 3 saturated heterocycles. The fourth-order valence-electron chi connectivity index (χ4n) is 3.46. The van der Waals surface area contributed by atoms with E-state index in [-0.39, 0.29) is 11.7 Å². The standard InChI is InChI=1S/C14H23NO3/c1-13(2,3)18-12(16)15-10-5-4-6-11(15)8-14(7-10)9-17-14/h10-11H,4-9H2,1-3H3/t10-,11+,14?. The Labute approximate surface area is 109 Å². The first-order valence-corrected chi connectivity index (χ1v) is 7.04. The lowest BCUT2D eigenvalue weighted by atomic mass is 9.79. The Bertz CT molecular complexity index is 341. The molecule has 4 heteroatoms. The second-order valence-electron chi connectivity index (χ2n) is 7.01. The largest absolute Gasteiger partial charge is 0.444 e. The van der Waals surface area contributed by atoms with Gasteiger partial charge in [0.2, 0.25) is 0 Å². The molecule has 1 unspecified atom stereocenters. The van der Waals surface area contributed by atoms with Gasteiger partial charge in [0, 0.05) is 12.1 Å². The average molecular weight is 253 g/mol. The van der Waals surface area contributed by atoms with Gasteiger partial charge in [-0.25, -0.2) is 4.79 Å². The zero-order valence-corrected chi connectivity index (χ0v) is 11.6. The van der Waals surface area contributed by atoms with Crippen molar-refractivity contribution in [1.29, 1.82) is 0 Å². The highest BCUT2D eigenvalue weighted by Crippen LogP contribution is 2.47. The third kappa shape index (κ3) is 2.22. The first-order valence-electron chi connectivity index (χ1n) is 7.04. The van der Waals surface area contributed by atoms with Crippen LogP contribution in [0.1, 0.15) is 52.9 Å². The second-order valence-corrected chi connectivity index (χ2v) is 7.01. The van der Waals surface area contributed by atoms with Gasteiger partial charge in [-0.15, -0.1) is 0 Å². The number of nitrogens with zero attached hydrogens (tertiary/aromatic N) is 1. The highest BCUT2D eigenvalue weighted by molar-refractivity contribution is 5.69. The van der Waals surface area contributed by atoms with Crippen LogP contribution in [0.4, 0.5) is 4.79 Å². The number of hydrogen-bond acceptors (Lipinski definition) is 3. The van der Waals surface area contributed by atoms with Crippen LogP contribution in [0.15, 0.2) is 0 Å². The zero-order valence-electron chi connectivity index (χ0n) is 11.6. The van der Waals surface area contributed by atoms with Crippen LogP contribution in [0, 0.1) is 0 Å². The maximum atomic E-state index is 12.3. The van der Waals surface area contributed by atoms with E-state index in [4.69, 9.17) is 9.47 Å². The number of fused-ring (bicyclic) bond motifs is 2. The average Bonchev–Trinajstić information content (AvgIpc) is 2.93. The molecule has 4 nitrogen and oxygen atoms in total. The first kappa shape index (κ1) is 12.3. The van der Waals surface area contributed by atoms with Crippen molar-refractivity contribution < 1.29 is 14.3 Å². The van der Waals surface area contributed by atoms with E-state index in [1.807, 2.05) is 25.7 Å². The van der Waals surface area contributed by atoms with Gasteiger partial charge in [0.25, 0.3) is 0 Å². The van der Waals surface area contributed by atoms with Gasteiger partial charge in [-0.2, -0.15) is 0 Å². The molecule has 2 bridgehead atoms. The number of amides is 1. The molecule has 3 fully saturated rings. The molecule has 0 aromatic rings. The molecule has 0 N–H and O–H groups in total. The smallest absolute Gasteiger partial charge is 0.410 e. The van der Waals surface area contributed by atoms with Gasteiger partial charge < -0.3 is 14.4 Å². The minimum atomic E-state index is -0.406. The number of carbonyl (C=O) groups is 1. The molecule has 3 aliphatic rings. The summed E-state index contributed by atoms with van der Waals surface area (Å²) in [4.78, 5) is 14.3. The van der Waals surface area contributed by atoms with Gasteiger partial charge in [0.05, 0.1) is 12.2 Å². The lowest BCUT2D eigenvalue weighted by molar-refractivity contribution is -0.0326. The molecule has 0 radical (unpaired) electrons. The van der Waals surface area contributed by atoms with Crippen molar-refractivity contribution in [3.63, 3.8) is 0 Å². The van der Waals surface area contributed by atoms with E-state index in [2.05, 4.69) is 0 Å². The molecule has 1 spiro atoms. The van der Waals surface area contributed by atoms with Crippen molar-refractivity contribution in [1.82, 2.24) is 4.90 Å². The number of piperidine rings is 2. The Morgan fingerprint density at radius 3 is 2.28 bits per heavy atom. The monoisotopic (exact) mass is 253 g/mol. The molecule has 3 atom stereocenters. The molecule has 3 rings (SSSR count). The van der Waals surface area contributed by atoms with E-state index in [1.54, 1.807) is 0 Å². The highest BCUT2D eigenvalue weighted by atomic mass is 16.6. The fraction of sp³-hybridized carbons (Fsp3) is 0.929. The summed E-state index contributed by atoms with van der Waals surface area (Å²) in [6, 6.07) is 0.657. The molecule has 3 heterocycles. The maximum absolute atomic E-state index is 12.3. The van der Waals surface area contributed by atoms with Crippen LogP contribution >= 0.6 is 0 Å². The minimum Gasteiger partial charge on any atom is -0.444 e. The quantitative estimate of drug-likeness (QED) is 0.623. The van der Waals surface area contributed by atoms with Crippen molar-refractivity contribution in [3.8, 4) is 0 Å². The van der Waals surface area contributed by atoms with E-state index in [1.165, 1.54) is 6.42 Å². The van der Waals surface area contributed by atoms with E-state index < -0.39 is 5.60 Å². The molecule has 102 valence electrons. The number of rotatable bonds is 0. The Balaban J connectivity index is 1.73. The Morgan fingerprint density at radius 1 is 1.28 bits per heavy atom. The topological polar surface area (TPSA) is 42.1 Å². The molecule has 1 amide bonds. The molecule has 3 aliphatic heterocycles. The van der Waals surface area contributed by atoms with Crippen LogP contribution in [0.5, 0.6) is 0 Å². The van der Waals surface area contributed by atoms with Crippen molar-refractivity contribution in [3.05, 3.63) is 0 Å². The van der Waals surface area contributed by atoms with E-state index in [9.17, 15) is 4.79 Å². The van der Waals surface area contributed by atoms with Crippen LogP contribution in [-0.4, -0.2) is 40.9 Å². The summed E-state index contributed by atoms with van der Waals surface area (Å²) in [5.74, 6) is 0. The first-order chi connectivity index (χ1) is 8.39. The summed E-state index contributed by atoms with van der Waals surface area (Å²) >= 11 is 0. The van der Waals surface area contributed by atoms with E-state index in [0.29, 0.717) is 12.1 Å². The molecular formula is C14H23NO3. The van der Waals surface area contributed by atoms with Gasteiger partial charge in [-0.3, -0.25) is 0 Å². The summed E-state index contributed by atoms with van der Waals surface area (Å²) in [7, 11) is 0. The van der Waals surface area contributed by atoms with Gasteiger partial charge in [-0.05, 0) is 52.9 Å². The Hall–Kier alpha value is -0.770. The SMILES string of the molecule is CC(C)(C)OC(=O)N1[C@@H]2CCC[C@H]1CC1(CO1)C2. The Morgan fingerprint density at radius 2 is 1.83 bits per heavy atom. The van der Waals surface area contributed by atoms with Crippen LogP contribution in [0.3, 0.4) is 0 Å². The molecule has 0 saturated carbocycles. The molecule has 18 heavy (non-hydrogen) atoms. The van der Waals surface area contributed by atoms with Gasteiger partial charge in [0.1, 0.15) is 5.60 Å². The summed E-state index contributed by atoms with van der Waals surface area (Å²) in [5.41, 5.74) is -0.287. The van der Waals surface area contributed by atoms with Gasteiger partial charge >= 0.3 is 6.09 Å². The minimum absolute atomic E-state index is 0.119. The fourth-order valence-corrected chi connectivity index (χ4v) is 3.46. The number of epoxide rings is 1. The lowest BCUT2D eigenvalue weighted by Gasteiger charge is -2.48. The molecule has 0 aliphatic carbocycles. The second kappa shape index (κ2) is 3.86. The number of hydrogen-bond donors (Lipinski definition) is 0. The predicted molar refractivity (Wildman–Crippen MR) is 67.4 cm³/mol. The maximum Gasteiger partial charge on any atom is 0.410 e. The van der Waals surface area contributed by atoms with Crippen LogP contribution < -0.4 is 0 Å². The third-order valence-electron chi connectivity index (χ3n) is 4.23. The normalized spacial score (nSPS) is 38.7. The number of carbonyl (C=O) groups excluding carboxylic acids is 1. The molecule has 0 aromatic carbocycles. The predicted octanol–water partition coefficient (Wildman–Crippen LogP) is 2.71. The van der Waals surface area contributed by atoms with Crippen LogP contribution in [0.25, 0.3) is 0 Å². The van der Waals surface area contributed by atoms with Crippen molar-refractivity contribution in [2.75, 3.05) is 6.61 Å². The number of ether oxygens (including phenoxy) is 2. The van der Waals surface area contributed by atoms with E-state index in [0.717, 1.165) is 32.3 Å². The van der Waals surface area contributed by atoms with Crippen LogP contribution in [0.2, 0.25) is 0 Å². The van der Waals surface area contributed by atoms with Gasteiger partial charge in [0.15, 0.2) is 0 Å². The zero-order chi connectivity index (χ0) is 13.0. The van der Waals surface area contributed by atoms with Crippen molar-refractivity contribution in [2.24, 2.45) is 0 Å². The molecule has 0 aromatic heterocycles. The highest BCUT2D eigenvalue weighted by Gasteiger charge is 2.56. The summed E-state index contributed by atoms with van der Waals surface area (Å²) in [6.07, 6.45) is 5.30. The third-order valence-corrected chi connectivity index (χ3v) is 4.23. The summed E-state index contributed by atoms with van der Waals surface area (Å²) in [5, 5.41) is 0. The lowest BCUT2D eigenvalue weighted by Crippen LogP contribution is -2.57. The molecular weight excluding hydrogens is 230 g/mol. The van der Waals surface area contributed by atoms with Gasteiger partial charge in [-0.1, -0.05) is 0 Å². The Kier molecular flexibility index (Phi) is 2.63.